The molecule has 2 N–H and O–H groups in total. The largest absolute Gasteiger partial charge is 0.478 e. The summed E-state index contributed by atoms with van der Waals surface area (Å²) in [5, 5.41) is 13.3. The third kappa shape index (κ3) is 4.57. The van der Waals surface area contributed by atoms with Gasteiger partial charge in [-0.15, -0.1) is 0 Å². The number of aliphatic imine (C=N–C) groups is 1. The van der Waals surface area contributed by atoms with Crippen LogP contribution >= 0.6 is 35.0 Å². The van der Waals surface area contributed by atoms with Gasteiger partial charge in [0.25, 0.3) is 5.91 Å². The second kappa shape index (κ2) is 9.09. The van der Waals surface area contributed by atoms with E-state index in [-0.39, 0.29) is 16.5 Å². The number of carboxylic acid groups (broad SMARTS) is 1. The van der Waals surface area contributed by atoms with Gasteiger partial charge in [-0.3, -0.25) is 4.79 Å². The summed E-state index contributed by atoms with van der Waals surface area (Å²) in [6.07, 6.45) is 1.82. The number of aromatic carboxylic acids is 1. The molecule has 2 aromatic carbocycles. The average Bonchev–Trinajstić information content (AvgIpc) is 3.23. The Morgan fingerprint density at radius 1 is 1.12 bits per heavy atom. The van der Waals surface area contributed by atoms with Crippen molar-refractivity contribution in [3.63, 3.8) is 0 Å². The van der Waals surface area contributed by atoms with Gasteiger partial charge >= 0.3 is 5.97 Å². The van der Waals surface area contributed by atoms with Crippen LogP contribution in [0.1, 0.15) is 32.9 Å². The zero-order valence-corrected chi connectivity index (χ0v) is 20.3. The second-order valence-corrected chi connectivity index (χ2v) is 9.34. The van der Waals surface area contributed by atoms with Gasteiger partial charge in [0.15, 0.2) is 5.17 Å². The predicted molar refractivity (Wildman–Crippen MR) is 134 cm³/mol. The number of hydrogen-bond acceptors (Lipinski definition) is 4. The topological polar surface area (TPSA) is 83.7 Å². The third-order valence-electron chi connectivity index (χ3n) is 5.31. The Kier molecular flexibility index (Phi) is 6.38. The van der Waals surface area contributed by atoms with Crippen molar-refractivity contribution in [1.29, 1.82) is 0 Å². The number of thioether (sulfide) groups is 1. The highest BCUT2D eigenvalue weighted by atomic mass is 35.5. The van der Waals surface area contributed by atoms with Gasteiger partial charge in [-0.05, 0) is 86.1 Å². The van der Waals surface area contributed by atoms with Gasteiger partial charge in [0.05, 0.1) is 21.2 Å². The Morgan fingerprint density at radius 2 is 1.88 bits per heavy atom. The summed E-state index contributed by atoms with van der Waals surface area (Å²) >= 11 is 13.6. The minimum atomic E-state index is -1.08. The number of rotatable bonds is 4. The smallest absolute Gasteiger partial charge is 0.337 e. The fraction of sp³-hybridized carbons (Fsp3) is 0.125. The normalized spacial score (nSPS) is 16.0. The van der Waals surface area contributed by atoms with Crippen LogP contribution in [-0.2, 0) is 4.79 Å². The van der Waals surface area contributed by atoms with Crippen LogP contribution in [0.3, 0.4) is 0 Å². The number of carbonyl (C=O) groups is 2. The summed E-state index contributed by atoms with van der Waals surface area (Å²) in [7, 11) is 0. The van der Waals surface area contributed by atoms with Gasteiger partial charge < -0.3 is 15.0 Å². The molecule has 9 heteroatoms. The van der Waals surface area contributed by atoms with Crippen LogP contribution in [0.5, 0.6) is 0 Å². The Labute approximate surface area is 204 Å². The summed E-state index contributed by atoms with van der Waals surface area (Å²) in [5.41, 5.74) is 5.01. The molecule has 1 saturated heterocycles. The van der Waals surface area contributed by atoms with E-state index in [4.69, 9.17) is 23.2 Å². The summed E-state index contributed by atoms with van der Waals surface area (Å²) in [4.78, 5) is 28.9. The van der Waals surface area contributed by atoms with E-state index in [1.807, 2.05) is 49.6 Å². The molecular weight excluding hydrogens is 481 g/mol. The molecule has 0 unspecified atom stereocenters. The molecular formula is C24H19Cl2N3O3S. The molecule has 3 aromatic rings. The number of aromatic nitrogens is 1. The molecule has 1 aliphatic heterocycles. The van der Waals surface area contributed by atoms with Crippen molar-refractivity contribution in [3.8, 4) is 5.69 Å². The molecule has 4 rings (SSSR count). The predicted octanol–water partition coefficient (Wildman–Crippen LogP) is 6.30. The van der Waals surface area contributed by atoms with E-state index >= 15 is 0 Å². The monoisotopic (exact) mass is 499 g/mol. The molecule has 168 valence electrons. The van der Waals surface area contributed by atoms with Crippen molar-refractivity contribution in [3.05, 3.63) is 85.5 Å². The van der Waals surface area contributed by atoms with Crippen LogP contribution in [-0.4, -0.2) is 26.7 Å². The first kappa shape index (κ1) is 23.2. The van der Waals surface area contributed by atoms with Crippen LogP contribution in [0.15, 0.2) is 52.4 Å². The molecule has 0 aliphatic carbocycles. The summed E-state index contributed by atoms with van der Waals surface area (Å²) in [5.74, 6) is -1.30. The lowest BCUT2D eigenvalue weighted by Gasteiger charge is -2.11. The molecule has 1 amide bonds. The number of hydrogen-bond donors (Lipinski definition) is 2. The first-order valence-electron chi connectivity index (χ1n) is 9.92. The van der Waals surface area contributed by atoms with Gasteiger partial charge in [-0.1, -0.05) is 29.3 Å². The maximum absolute atomic E-state index is 12.6. The van der Waals surface area contributed by atoms with Crippen molar-refractivity contribution in [2.75, 3.05) is 0 Å². The third-order valence-corrected chi connectivity index (χ3v) is 6.94. The number of carbonyl (C=O) groups excluding carboxylic acids is 1. The molecule has 0 spiro atoms. The van der Waals surface area contributed by atoms with Gasteiger partial charge in [0, 0.05) is 22.1 Å². The maximum Gasteiger partial charge on any atom is 0.337 e. The number of nitrogens with zero attached hydrogens (tertiary/aromatic N) is 2. The lowest BCUT2D eigenvalue weighted by Crippen LogP contribution is -2.19. The van der Waals surface area contributed by atoms with Crippen LogP contribution in [0.2, 0.25) is 10.0 Å². The van der Waals surface area contributed by atoms with Crippen molar-refractivity contribution >= 4 is 63.8 Å². The van der Waals surface area contributed by atoms with Crippen molar-refractivity contribution in [2.45, 2.75) is 20.8 Å². The zero-order chi connectivity index (χ0) is 23.9. The molecule has 0 saturated carbocycles. The number of benzene rings is 2. The van der Waals surface area contributed by atoms with Gasteiger partial charge in [-0.25, -0.2) is 9.79 Å². The molecule has 0 atom stereocenters. The lowest BCUT2D eigenvalue weighted by atomic mass is 10.2. The number of amidine groups is 1. The van der Waals surface area contributed by atoms with E-state index in [9.17, 15) is 14.7 Å². The molecule has 0 radical (unpaired) electrons. The van der Waals surface area contributed by atoms with Crippen molar-refractivity contribution in [2.24, 2.45) is 4.99 Å². The second-order valence-electron chi connectivity index (χ2n) is 7.50. The van der Waals surface area contributed by atoms with E-state index in [2.05, 4.69) is 10.3 Å². The van der Waals surface area contributed by atoms with E-state index in [1.54, 1.807) is 18.2 Å². The van der Waals surface area contributed by atoms with Gasteiger partial charge in [0.1, 0.15) is 0 Å². The van der Waals surface area contributed by atoms with Crippen LogP contribution in [0, 0.1) is 20.8 Å². The first-order chi connectivity index (χ1) is 15.7. The number of carboxylic acids is 1. The molecule has 1 aliphatic rings. The Bertz CT molecular complexity index is 1380. The lowest BCUT2D eigenvalue weighted by molar-refractivity contribution is -0.115. The maximum atomic E-state index is 12.6. The molecule has 1 aromatic heterocycles. The molecule has 0 bridgehead atoms. The number of amides is 1. The van der Waals surface area contributed by atoms with Gasteiger partial charge in [-0.2, -0.15) is 0 Å². The van der Waals surface area contributed by atoms with Crippen LogP contribution < -0.4 is 5.32 Å². The number of halogens is 2. The fourth-order valence-corrected chi connectivity index (χ4v) is 4.85. The minimum absolute atomic E-state index is 0.0472. The Hall–Kier alpha value is -3.00. The SMILES string of the molecule is Cc1c(Cl)cccc1N=C1NC(=O)/C(=C/c2cc(C)n(-c3ccc(C(=O)O)c(Cl)c3)c2C)S1. The van der Waals surface area contributed by atoms with Crippen LogP contribution in [0.4, 0.5) is 5.69 Å². The highest BCUT2D eigenvalue weighted by molar-refractivity contribution is 8.18. The summed E-state index contributed by atoms with van der Waals surface area (Å²) in [6, 6.07) is 12.2. The molecule has 6 nitrogen and oxygen atoms in total. The first-order valence-corrected chi connectivity index (χ1v) is 11.5. The van der Waals surface area contributed by atoms with E-state index in [0.717, 1.165) is 28.2 Å². The average molecular weight is 500 g/mol. The van der Waals surface area contributed by atoms with Gasteiger partial charge in [0.2, 0.25) is 0 Å². The van der Waals surface area contributed by atoms with E-state index in [0.29, 0.717) is 20.8 Å². The van der Waals surface area contributed by atoms with E-state index < -0.39 is 5.97 Å². The van der Waals surface area contributed by atoms with E-state index in [1.165, 1.54) is 17.8 Å². The number of nitrogens with one attached hydrogen (secondary N) is 1. The minimum Gasteiger partial charge on any atom is -0.478 e. The van der Waals surface area contributed by atoms with Crippen molar-refractivity contribution < 1.29 is 14.7 Å². The standard InChI is InChI=1S/C24H19Cl2N3O3S/c1-12-9-15(14(3)29(12)16-7-8-17(23(31)32)19(26)11-16)10-21-22(30)28-24(33-21)27-20-6-4-5-18(25)13(20)2/h4-11H,1-3H3,(H,31,32)(H,27,28,30)/b21-10-. The van der Waals surface area contributed by atoms with Crippen molar-refractivity contribution in [1.82, 2.24) is 9.88 Å². The zero-order valence-electron chi connectivity index (χ0n) is 17.9. The quantitative estimate of drug-likeness (QED) is 0.412. The number of aryl methyl sites for hydroxylation is 1. The highest BCUT2D eigenvalue weighted by Crippen LogP contribution is 2.33. The Balaban J connectivity index is 1.66. The Morgan fingerprint density at radius 3 is 2.58 bits per heavy atom. The molecule has 33 heavy (non-hydrogen) atoms. The summed E-state index contributed by atoms with van der Waals surface area (Å²) in [6.45, 7) is 5.75. The van der Waals surface area contributed by atoms with Crippen LogP contribution in [0.25, 0.3) is 11.8 Å². The fourth-order valence-electron chi connectivity index (χ4n) is 3.60. The molecule has 1 fully saturated rings. The highest BCUT2D eigenvalue weighted by Gasteiger charge is 2.25. The summed E-state index contributed by atoms with van der Waals surface area (Å²) < 4.78 is 1.96. The molecule has 2 heterocycles.